The molecule has 0 bridgehead atoms. The topological polar surface area (TPSA) is 0 Å². The van der Waals surface area contributed by atoms with Crippen molar-refractivity contribution >= 4 is 37.7 Å². The fraction of sp³-hybridized carbons (Fsp3) is 0.143. The van der Waals surface area contributed by atoms with Gasteiger partial charge >= 0.3 is 37.7 Å². The first kappa shape index (κ1) is 12.8. The van der Waals surface area contributed by atoms with Crippen LogP contribution in [0.25, 0.3) is 0 Å². The van der Waals surface area contributed by atoms with Crippen LogP contribution in [0.5, 0.6) is 0 Å². The minimum Gasteiger partial charge on any atom is -1.00 e. The standard InChI is InChI=1S/C7H7.Ca.HI/c1-7-5-3-2-4-6-7;;/h3-6H,1H3;;1H/q-1;+2;/p-1. The molecule has 0 unspecified atom stereocenters. The Bertz CT molecular complexity index is 139. The van der Waals surface area contributed by atoms with Gasteiger partial charge in [0.15, 0.2) is 0 Å². The maximum atomic E-state index is 2.93. The van der Waals surface area contributed by atoms with Gasteiger partial charge in [0.05, 0.1) is 0 Å². The molecule has 0 radical (unpaired) electrons. The van der Waals surface area contributed by atoms with E-state index in [1.807, 2.05) is 24.3 Å². The molecule has 1 rings (SSSR count). The number of halogens is 1. The van der Waals surface area contributed by atoms with Gasteiger partial charge in [0.2, 0.25) is 0 Å². The van der Waals surface area contributed by atoms with Crippen LogP contribution >= 0.6 is 0 Å². The average molecular weight is 258 g/mol. The van der Waals surface area contributed by atoms with Gasteiger partial charge in [0.1, 0.15) is 0 Å². The van der Waals surface area contributed by atoms with Crippen molar-refractivity contribution in [2.45, 2.75) is 6.92 Å². The van der Waals surface area contributed by atoms with Crippen molar-refractivity contribution in [1.82, 2.24) is 0 Å². The molecular weight excluding hydrogens is 251 g/mol. The van der Waals surface area contributed by atoms with Crippen molar-refractivity contribution in [2.24, 2.45) is 0 Å². The molecule has 0 nitrogen and oxygen atoms in total. The number of benzene rings is 1. The van der Waals surface area contributed by atoms with E-state index in [1.54, 1.807) is 0 Å². The third-order valence-corrected chi connectivity index (χ3v) is 0.885. The van der Waals surface area contributed by atoms with Crippen LogP contribution in [0.3, 0.4) is 0 Å². The summed E-state index contributed by atoms with van der Waals surface area (Å²) in [5.74, 6) is 0. The fourth-order valence-corrected chi connectivity index (χ4v) is 0.470. The molecule has 0 fully saturated rings. The Morgan fingerprint density at radius 2 is 1.67 bits per heavy atom. The summed E-state index contributed by atoms with van der Waals surface area (Å²) in [5.41, 5.74) is 1.29. The van der Waals surface area contributed by atoms with Crippen LogP contribution in [0.4, 0.5) is 0 Å². The van der Waals surface area contributed by atoms with Crippen molar-refractivity contribution in [1.29, 1.82) is 0 Å². The molecule has 0 saturated carbocycles. The summed E-state index contributed by atoms with van der Waals surface area (Å²) in [7, 11) is 0. The van der Waals surface area contributed by atoms with E-state index in [2.05, 4.69) is 13.0 Å². The van der Waals surface area contributed by atoms with Crippen molar-refractivity contribution in [3.63, 3.8) is 0 Å². The molecule has 2 heteroatoms. The zero-order chi connectivity index (χ0) is 5.11. The van der Waals surface area contributed by atoms with Gasteiger partial charge in [-0.1, -0.05) is 6.92 Å². The van der Waals surface area contributed by atoms with Crippen molar-refractivity contribution in [2.75, 3.05) is 0 Å². The van der Waals surface area contributed by atoms with Crippen LogP contribution in [0.2, 0.25) is 0 Å². The van der Waals surface area contributed by atoms with E-state index in [-0.39, 0.29) is 61.7 Å². The van der Waals surface area contributed by atoms with Gasteiger partial charge in [0, 0.05) is 0 Å². The summed E-state index contributed by atoms with van der Waals surface area (Å²) >= 11 is 0. The second kappa shape index (κ2) is 7.32. The molecule has 1 aromatic rings. The van der Waals surface area contributed by atoms with E-state index in [0.717, 1.165) is 0 Å². The van der Waals surface area contributed by atoms with E-state index in [1.165, 1.54) is 5.56 Å². The Labute approximate surface area is 103 Å². The van der Waals surface area contributed by atoms with Crippen LogP contribution in [0.15, 0.2) is 24.3 Å². The first-order valence-corrected chi connectivity index (χ1v) is 2.32. The summed E-state index contributed by atoms with van der Waals surface area (Å²) < 4.78 is 0. The van der Waals surface area contributed by atoms with Crippen LogP contribution < -0.4 is 24.0 Å². The number of rotatable bonds is 0. The van der Waals surface area contributed by atoms with Crippen molar-refractivity contribution < 1.29 is 24.0 Å². The van der Waals surface area contributed by atoms with Crippen molar-refractivity contribution in [3.8, 4) is 0 Å². The van der Waals surface area contributed by atoms with Crippen LogP contribution in [-0.2, 0) is 0 Å². The fourth-order valence-electron chi connectivity index (χ4n) is 0.470. The first-order valence-electron chi connectivity index (χ1n) is 2.32. The van der Waals surface area contributed by atoms with Gasteiger partial charge in [-0.25, -0.2) is 0 Å². The van der Waals surface area contributed by atoms with Gasteiger partial charge in [-0.15, -0.1) is 0 Å². The molecule has 0 aromatic heterocycles. The number of aryl methyl sites for hydroxylation is 1. The summed E-state index contributed by atoms with van der Waals surface area (Å²) in [6.07, 6.45) is 0. The molecule has 0 amide bonds. The zero-order valence-electron chi connectivity index (χ0n) is 5.39. The predicted molar refractivity (Wildman–Crippen MR) is 35.8 cm³/mol. The smallest absolute Gasteiger partial charge is 1.00 e. The summed E-state index contributed by atoms with van der Waals surface area (Å²) in [4.78, 5) is 0. The van der Waals surface area contributed by atoms with Crippen LogP contribution in [-0.4, -0.2) is 37.7 Å². The van der Waals surface area contributed by atoms with Gasteiger partial charge in [-0.2, -0.15) is 35.9 Å². The first-order chi connectivity index (χ1) is 3.39. The molecule has 0 saturated heterocycles. The van der Waals surface area contributed by atoms with E-state index in [9.17, 15) is 0 Å². The monoisotopic (exact) mass is 258 g/mol. The van der Waals surface area contributed by atoms with Gasteiger partial charge in [-0.3, -0.25) is 0 Å². The molecular formula is C7H7CaI. The second-order valence-corrected chi connectivity index (χ2v) is 1.58. The molecule has 44 valence electrons. The van der Waals surface area contributed by atoms with Gasteiger partial charge in [0.25, 0.3) is 0 Å². The van der Waals surface area contributed by atoms with Crippen LogP contribution in [0.1, 0.15) is 5.56 Å². The molecule has 0 aliphatic heterocycles. The summed E-state index contributed by atoms with van der Waals surface area (Å²) in [6.45, 7) is 2.06. The van der Waals surface area contributed by atoms with Gasteiger partial charge < -0.3 is 24.0 Å². The number of hydrogen-bond acceptors (Lipinski definition) is 0. The van der Waals surface area contributed by atoms with E-state index < -0.39 is 0 Å². The van der Waals surface area contributed by atoms with E-state index in [0.29, 0.717) is 0 Å². The predicted octanol–water partition coefficient (Wildman–Crippen LogP) is -1.58. The van der Waals surface area contributed by atoms with Crippen LogP contribution in [0, 0.1) is 13.0 Å². The average Bonchev–Trinajstić information content (AvgIpc) is 1.69. The number of hydrogen-bond donors (Lipinski definition) is 0. The third kappa shape index (κ3) is 5.64. The molecule has 0 aliphatic rings. The van der Waals surface area contributed by atoms with Gasteiger partial charge in [-0.05, 0) is 0 Å². The second-order valence-electron chi connectivity index (χ2n) is 1.58. The molecule has 9 heavy (non-hydrogen) atoms. The molecule has 0 spiro atoms. The maximum Gasteiger partial charge on any atom is 2.00 e. The molecule has 0 aliphatic carbocycles. The Morgan fingerprint density at radius 3 is 1.89 bits per heavy atom. The Balaban J connectivity index is 0. The minimum atomic E-state index is 0. The van der Waals surface area contributed by atoms with Crippen molar-refractivity contribution in [3.05, 3.63) is 35.9 Å². The SMILES string of the molecule is Cc1cc[c-]cc1.[Ca+2].[I-]. The summed E-state index contributed by atoms with van der Waals surface area (Å²) in [5, 5.41) is 0. The van der Waals surface area contributed by atoms with E-state index >= 15 is 0 Å². The normalized spacial score (nSPS) is 6.78. The quantitative estimate of drug-likeness (QED) is 0.299. The molecule has 1 aromatic carbocycles. The minimum absolute atomic E-state index is 0. The molecule has 0 N–H and O–H groups in total. The Hall–Kier alpha value is 1.21. The Kier molecular flexibility index (Phi) is 10.4. The molecule has 0 atom stereocenters. The van der Waals surface area contributed by atoms with E-state index in [4.69, 9.17) is 0 Å². The Morgan fingerprint density at radius 1 is 1.22 bits per heavy atom. The zero-order valence-corrected chi connectivity index (χ0v) is 9.76. The largest absolute Gasteiger partial charge is 2.00 e. The maximum absolute atomic E-state index is 2.93. The summed E-state index contributed by atoms with van der Waals surface area (Å²) in [6, 6.07) is 10.8. The molecule has 0 heterocycles. The third-order valence-electron chi connectivity index (χ3n) is 0.885.